The first-order valence-corrected chi connectivity index (χ1v) is 16.9. The molecule has 0 bridgehead atoms. The molecule has 0 heterocycles. The molecular weight excluding hydrogens is 460 g/mol. The van der Waals surface area contributed by atoms with Crippen molar-refractivity contribution in [1.29, 1.82) is 0 Å². The molecule has 1 aromatic carbocycles. The Morgan fingerprint density at radius 1 is 0.806 bits per heavy atom. The quantitative estimate of drug-likeness (QED) is 0.365. The molecule has 4 saturated carbocycles. The van der Waals surface area contributed by atoms with Crippen LogP contribution >= 0.6 is 0 Å². The molecule has 9 atom stereocenters. The lowest BCUT2D eigenvalue weighted by Crippen LogP contribution is -2.56. The minimum absolute atomic E-state index is 0.190. The molecule has 0 aliphatic heterocycles. The normalized spacial score (nSPS) is 41.4. The molecule has 202 valence electrons. The molecule has 5 rings (SSSR count). The molecule has 4 fully saturated rings. The zero-order valence-corrected chi connectivity index (χ0v) is 24.5. The van der Waals surface area contributed by atoms with Gasteiger partial charge in [-0.05, 0) is 116 Å². The van der Waals surface area contributed by atoms with Crippen LogP contribution in [0.5, 0.6) is 0 Å². The molecule has 2 nitrogen and oxygen atoms in total. The number of fused-ring (bicyclic) bond motifs is 5. The molecule has 36 heavy (non-hydrogen) atoms. The highest BCUT2D eigenvalue weighted by Crippen LogP contribution is 2.68. The second-order valence-electron chi connectivity index (χ2n) is 14.4. The molecule has 4 aliphatic carbocycles. The van der Waals surface area contributed by atoms with Gasteiger partial charge >= 0.3 is 0 Å². The summed E-state index contributed by atoms with van der Waals surface area (Å²) in [6, 6.07) is 9.33. The van der Waals surface area contributed by atoms with E-state index < -0.39 is 9.84 Å². The molecule has 0 aromatic heterocycles. The smallest absolute Gasteiger partial charge is 0.181 e. The van der Waals surface area contributed by atoms with E-state index in [1.54, 1.807) is 0 Å². The van der Waals surface area contributed by atoms with Crippen LogP contribution in [0.1, 0.15) is 112 Å². The summed E-state index contributed by atoms with van der Waals surface area (Å²) in [4.78, 5) is 0.544. The molecule has 0 N–H and O–H groups in total. The van der Waals surface area contributed by atoms with Crippen LogP contribution in [-0.4, -0.2) is 13.7 Å². The molecule has 0 spiro atoms. The van der Waals surface area contributed by atoms with Gasteiger partial charge in [0.1, 0.15) is 0 Å². The van der Waals surface area contributed by atoms with Gasteiger partial charge in [0.15, 0.2) is 9.84 Å². The Balaban J connectivity index is 1.35. The fourth-order valence-corrected chi connectivity index (χ4v) is 12.8. The van der Waals surface area contributed by atoms with Crippen molar-refractivity contribution in [3.05, 3.63) is 30.3 Å². The Hall–Kier alpha value is -0.830. The van der Waals surface area contributed by atoms with Gasteiger partial charge in [-0.1, -0.05) is 78.5 Å². The van der Waals surface area contributed by atoms with E-state index >= 15 is 0 Å². The van der Waals surface area contributed by atoms with Crippen molar-refractivity contribution in [2.24, 2.45) is 52.3 Å². The minimum atomic E-state index is -3.27. The molecule has 3 heteroatoms. The number of sulfone groups is 1. The predicted molar refractivity (Wildman–Crippen MR) is 150 cm³/mol. The lowest BCUT2D eigenvalue weighted by molar-refractivity contribution is -0.113. The minimum Gasteiger partial charge on any atom is -0.223 e. The second-order valence-corrected chi connectivity index (χ2v) is 16.6. The summed E-state index contributed by atoms with van der Waals surface area (Å²) in [7, 11) is -3.27. The Morgan fingerprint density at radius 2 is 1.50 bits per heavy atom. The molecule has 0 radical (unpaired) electrons. The van der Waals surface area contributed by atoms with E-state index in [4.69, 9.17) is 0 Å². The van der Waals surface area contributed by atoms with E-state index in [0.717, 1.165) is 54.8 Å². The van der Waals surface area contributed by atoms with Gasteiger partial charge in [-0.2, -0.15) is 0 Å². The first-order valence-electron chi connectivity index (χ1n) is 15.4. The summed E-state index contributed by atoms with van der Waals surface area (Å²) in [5.41, 5.74) is 0.696. The van der Waals surface area contributed by atoms with Crippen LogP contribution in [-0.2, 0) is 9.84 Å². The van der Waals surface area contributed by atoms with Crippen molar-refractivity contribution in [2.75, 3.05) is 0 Å². The topological polar surface area (TPSA) is 34.1 Å². The van der Waals surface area contributed by atoms with Crippen molar-refractivity contribution < 1.29 is 8.42 Å². The Morgan fingerprint density at radius 3 is 2.22 bits per heavy atom. The van der Waals surface area contributed by atoms with Crippen molar-refractivity contribution in [2.45, 2.75) is 122 Å². The highest BCUT2D eigenvalue weighted by molar-refractivity contribution is 7.92. The van der Waals surface area contributed by atoms with Crippen LogP contribution in [0.15, 0.2) is 35.2 Å². The van der Waals surface area contributed by atoms with E-state index in [1.165, 1.54) is 57.8 Å². The third kappa shape index (κ3) is 4.42. The zero-order valence-electron chi connectivity index (χ0n) is 23.7. The van der Waals surface area contributed by atoms with Gasteiger partial charge in [0.25, 0.3) is 0 Å². The largest absolute Gasteiger partial charge is 0.223 e. The van der Waals surface area contributed by atoms with E-state index in [2.05, 4.69) is 34.6 Å². The van der Waals surface area contributed by atoms with Crippen LogP contribution in [0.25, 0.3) is 0 Å². The van der Waals surface area contributed by atoms with Crippen LogP contribution in [0.3, 0.4) is 0 Å². The first kappa shape index (κ1) is 26.8. The highest BCUT2D eigenvalue weighted by atomic mass is 32.2. The van der Waals surface area contributed by atoms with E-state index in [9.17, 15) is 8.42 Å². The van der Waals surface area contributed by atoms with Gasteiger partial charge in [0.2, 0.25) is 0 Å². The van der Waals surface area contributed by atoms with Gasteiger partial charge in [0, 0.05) is 0 Å². The predicted octanol–water partition coefficient (Wildman–Crippen LogP) is 8.95. The SMILES string of the molecule is CC(C)CCC[C@@H](C)[C@H]1CC[C@H]2[C@@H]3CC[C@H]4[C@H](S(=O)(=O)c5ccccc5)CCC[C@]4(C)[C@H]3CC[C@]12C. The van der Waals surface area contributed by atoms with Crippen molar-refractivity contribution in [3.8, 4) is 0 Å². The van der Waals surface area contributed by atoms with Crippen molar-refractivity contribution in [1.82, 2.24) is 0 Å². The van der Waals surface area contributed by atoms with Crippen LogP contribution in [0.2, 0.25) is 0 Å². The van der Waals surface area contributed by atoms with Crippen LogP contribution in [0, 0.1) is 52.3 Å². The highest BCUT2D eigenvalue weighted by Gasteiger charge is 2.62. The zero-order chi connectivity index (χ0) is 25.7. The lowest BCUT2D eigenvalue weighted by atomic mass is 9.44. The van der Waals surface area contributed by atoms with E-state index in [1.807, 2.05) is 30.3 Å². The van der Waals surface area contributed by atoms with Gasteiger partial charge < -0.3 is 0 Å². The number of hydrogen-bond donors (Lipinski definition) is 0. The summed E-state index contributed by atoms with van der Waals surface area (Å²) in [6.07, 6.45) is 15.3. The second kappa shape index (κ2) is 10.0. The number of benzene rings is 1. The summed E-state index contributed by atoms with van der Waals surface area (Å²) >= 11 is 0. The molecule has 4 aliphatic rings. The standard InChI is InChI=1S/C33H52O2S/c1-23(2)11-9-12-24(3)27-18-19-28-26-16-17-30-31(36(34,35)25-13-7-6-8-14-25)15-10-21-32(30,4)29(26)20-22-33(27,28)5/h6-8,13-14,23-24,26-31H,9-12,15-22H2,1-5H3/t24-,26+,27-,28+,29+,30+,31-,32-,33-/m1/s1. The van der Waals surface area contributed by atoms with Gasteiger partial charge in [0.05, 0.1) is 10.1 Å². The third-order valence-corrected chi connectivity index (χ3v) is 14.6. The molecular formula is C33H52O2S. The van der Waals surface area contributed by atoms with Gasteiger partial charge in [-0.15, -0.1) is 0 Å². The van der Waals surface area contributed by atoms with Gasteiger partial charge in [-0.25, -0.2) is 8.42 Å². The fourth-order valence-electron chi connectivity index (χ4n) is 10.5. The van der Waals surface area contributed by atoms with E-state index in [-0.39, 0.29) is 10.7 Å². The maximum atomic E-state index is 13.8. The van der Waals surface area contributed by atoms with E-state index in [0.29, 0.717) is 16.2 Å². The molecule has 1 aromatic rings. The van der Waals surface area contributed by atoms with Gasteiger partial charge in [-0.3, -0.25) is 0 Å². The summed E-state index contributed by atoms with van der Waals surface area (Å²) in [5, 5.41) is -0.190. The lowest BCUT2D eigenvalue weighted by Gasteiger charge is -2.62. The molecule has 0 saturated heterocycles. The number of rotatable bonds is 7. The maximum Gasteiger partial charge on any atom is 0.181 e. The monoisotopic (exact) mass is 512 g/mol. The Kier molecular flexibility index (Phi) is 7.47. The summed E-state index contributed by atoms with van der Waals surface area (Å²) in [5.74, 6) is 5.28. The summed E-state index contributed by atoms with van der Waals surface area (Å²) < 4.78 is 27.6. The Bertz CT molecular complexity index is 1000. The van der Waals surface area contributed by atoms with Crippen molar-refractivity contribution >= 4 is 9.84 Å². The van der Waals surface area contributed by atoms with Crippen LogP contribution < -0.4 is 0 Å². The average molecular weight is 513 g/mol. The summed E-state index contributed by atoms with van der Waals surface area (Å²) in [6.45, 7) is 12.5. The number of hydrogen-bond acceptors (Lipinski definition) is 2. The van der Waals surface area contributed by atoms with Crippen LogP contribution in [0.4, 0.5) is 0 Å². The third-order valence-electron chi connectivity index (χ3n) is 12.3. The fraction of sp³-hybridized carbons (Fsp3) is 0.818. The van der Waals surface area contributed by atoms with Crippen molar-refractivity contribution in [3.63, 3.8) is 0 Å². The Labute approximate surface area is 222 Å². The maximum absolute atomic E-state index is 13.8. The average Bonchev–Trinajstić information content (AvgIpc) is 3.21. The molecule has 0 unspecified atom stereocenters. The first-order chi connectivity index (χ1) is 17.1. The molecule has 0 amide bonds.